The first-order valence-corrected chi connectivity index (χ1v) is 13.2. The average Bonchev–Trinajstić information content (AvgIpc) is 3.48. The molecule has 1 aromatic rings. The monoisotopic (exact) mass is 432 g/mol. The number of thiophene rings is 1. The van der Waals surface area contributed by atoms with Gasteiger partial charge in [-0.05, 0) is 79.9 Å². The molecule has 0 bridgehead atoms. The van der Waals surface area contributed by atoms with Crippen molar-refractivity contribution in [3.63, 3.8) is 0 Å². The summed E-state index contributed by atoms with van der Waals surface area (Å²) in [5.74, 6) is 0.709. The number of carbonyl (C=O) groups is 1. The van der Waals surface area contributed by atoms with E-state index in [-0.39, 0.29) is 6.03 Å². The minimum absolute atomic E-state index is 0.181. The molecule has 3 fully saturated rings. The Kier molecular flexibility index (Phi) is 8.46. The molecule has 0 unspecified atom stereocenters. The van der Waals surface area contributed by atoms with Gasteiger partial charge in [-0.2, -0.15) is 11.3 Å². The van der Waals surface area contributed by atoms with Crippen molar-refractivity contribution in [2.24, 2.45) is 5.92 Å². The van der Waals surface area contributed by atoms with E-state index in [4.69, 9.17) is 0 Å². The summed E-state index contributed by atoms with van der Waals surface area (Å²) in [5, 5.41) is 7.75. The number of nitrogens with one attached hydrogen (secondary N) is 1. The fraction of sp³-hybridized carbons (Fsp3) is 0.792. The van der Waals surface area contributed by atoms with E-state index in [1.807, 2.05) is 0 Å². The maximum absolute atomic E-state index is 12.6. The summed E-state index contributed by atoms with van der Waals surface area (Å²) in [4.78, 5) is 20.0. The van der Waals surface area contributed by atoms with Gasteiger partial charge in [-0.1, -0.05) is 19.3 Å². The van der Waals surface area contributed by atoms with Crippen LogP contribution in [0.4, 0.5) is 4.79 Å². The Morgan fingerprint density at radius 3 is 2.50 bits per heavy atom. The lowest BCUT2D eigenvalue weighted by Crippen LogP contribution is -2.48. The molecule has 1 aliphatic carbocycles. The summed E-state index contributed by atoms with van der Waals surface area (Å²) in [6.45, 7) is 9.00. The zero-order chi connectivity index (χ0) is 20.6. The van der Waals surface area contributed by atoms with Crippen molar-refractivity contribution in [3.8, 4) is 0 Å². The van der Waals surface area contributed by atoms with E-state index in [1.54, 1.807) is 11.3 Å². The second kappa shape index (κ2) is 11.5. The van der Waals surface area contributed by atoms with Crippen LogP contribution in [0.15, 0.2) is 16.8 Å². The summed E-state index contributed by atoms with van der Waals surface area (Å²) in [6.07, 6.45) is 11.3. The number of nitrogens with zero attached hydrogens (tertiary/aromatic N) is 3. The molecule has 2 amide bonds. The fourth-order valence-corrected chi connectivity index (χ4v) is 6.02. The van der Waals surface area contributed by atoms with Crippen molar-refractivity contribution >= 4 is 17.4 Å². The molecule has 6 heteroatoms. The summed E-state index contributed by atoms with van der Waals surface area (Å²) in [6, 6.07) is 2.88. The molecule has 0 radical (unpaired) electrons. The SMILES string of the molecule is O=C(NC1CCCC1)N1CCC(CN(CCN2CCCCC2)Cc2ccsc2)CC1. The maximum atomic E-state index is 12.6. The third kappa shape index (κ3) is 6.69. The van der Waals surface area contributed by atoms with Gasteiger partial charge in [0.1, 0.15) is 0 Å². The Bertz CT molecular complexity index is 617. The molecule has 2 saturated heterocycles. The van der Waals surface area contributed by atoms with Crippen molar-refractivity contribution in [1.82, 2.24) is 20.0 Å². The number of carbonyl (C=O) groups excluding carboxylic acids is 1. The van der Waals surface area contributed by atoms with Gasteiger partial charge in [-0.25, -0.2) is 4.79 Å². The molecule has 1 aromatic heterocycles. The predicted octanol–water partition coefficient (Wildman–Crippen LogP) is 4.40. The van der Waals surface area contributed by atoms with E-state index in [2.05, 4.69) is 36.8 Å². The number of amides is 2. The number of piperidine rings is 2. The lowest BCUT2D eigenvalue weighted by Gasteiger charge is -2.36. The summed E-state index contributed by atoms with van der Waals surface area (Å²) < 4.78 is 0. The van der Waals surface area contributed by atoms with Crippen LogP contribution in [0.3, 0.4) is 0 Å². The standard InChI is InChI=1S/C24H40N4OS/c29-24(25-23-6-2-3-7-23)28-13-8-21(9-14-28)18-27(19-22-10-17-30-20-22)16-15-26-11-4-1-5-12-26/h10,17,20-21,23H,1-9,11-16,18-19H2,(H,25,29). The first kappa shape index (κ1) is 22.1. The second-order valence-electron chi connectivity index (χ2n) is 9.63. The third-order valence-electron chi connectivity index (χ3n) is 7.27. The highest BCUT2D eigenvalue weighted by Gasteiger charge is 2.26. The molecule has 4 rings (SSSR count). The van der Waals surface area contributed by atoms with E-state index < -0.39 is 0 Å². The summed E-state index contributed by atoms with van der Waals surface area (Å²) >= 11 is 1.80. The van der Waals surface area contributed by atoms with Gasteiger partial charge in [-0.3, -0.25) is 4.90 Å². The summed E-state index contributed by atoms with van der Waals surface area (Å²) in [5.41, 5.74) is 1.45. The highest BCUT2D eigenvalue weighted by atomic mass is 32.1. The first-order chi connectivity index (χ1) is 14.8. The van der Waals surface area contributed by atoms with Gasteiger partial charge in [0.2, 0.25) is 0 Å². The van der Waals surface area contributed by atoms with Crippen LogP contribution in [-0.4, -0.2) is 72.6 Å². The number of hydrogen-bond acceptors (Lipinski definition) is 4. The smallest absolute Gasteiger partial charge is 0.317 e. The van der Waals surface area contributed by atoms with E-state index in [0.29, 0.717) is 12.0 Å². The Balaban J connectivity index is 1.23. The topological polar surface area (TPSA) is 38.8 Å². The number of rotatable bonds is 8. The zero-order valence-corrected chi connectivity index (χ0v) is 19.4. The minimum Gasteiger partial charge on any atom is -0.335 e. The van der Waals surface area contributed by atoms with Crippen LogP contribution in [0.1, 0.15) is 63.4 Å². The maximum Gasteiger partial charge on any atom is 0.317 e. The molecule has 5 nitrogen and oxygen atoms in total. The molecule has 168 valence electrons. The van der Waals surface area contributed by atoms with Crippen LogP contribution in [0.2, 0.25) is 0 Å². The van der Waals surface area contributed by atoms with Crippen molar-refractivity contribution in [2.45, 2.75) is 70.4 Å². The number of hydrogen-bond donors (Lipinski definition) is 1. The van der Waals surface area contributed by atoms with Crippen LogP contribution < -0.4 is 5.32 Å². The molecule has 0 spiro atoms. The Morgan fingerprint density at radius 2 is 1.80 bits per heavy atom. The van der Waals surface area contributed by atoms with Crippen molar-refractivity contribution in [2.75, 3.05) is 45.8 Å². The van der Waals surface area contributed by atoms with E-state index in [0.717, 1.165) is 51.9 Å². The van der Waals surface area contributed by atoms with Crippen LogP contribution in [0.25, 0.3) is 0 Å². The van der Waals surface area contributed by atoms with Crippen LogP contribution in [0.5, 0.6) is 0 Å². The van der Waals surface area contributed by atoms with Crippen LogP contribution in [0, 0.1) is 5.92 Å². The molecule has 3 heterocycles. The molecule has 0 aromatic carbocycles. The number of likely N-dealkylation sites (tertiary alicyclic amines) is 2. The Hall–Kier alpha value is -1.11. The quantitative estimate of drug-likeness (QED) is 0.662. The lowest BCUT2D eigenvalue weighted by atomic mass is 9.96. The largest absolute Gasteiger partial charge is 0.335 e. The molecule has 1 saturated carbocycles. The summed E-state index contributed by atoms with van der Waals surface area (Å²) in [7, 11) is 0. The molecule has 30 heavy (non-hydrogen) atoms. The highest BCUT2D eigenvalue weighted by Crippen LogP contribution is 2.22. The Labute approximate surface area is 186 Å². The van der Waals surface area contributed by atoms with Gasteiger partial charge in [0, 0.05) is 45.3 Å². The van der Waals surface area contributed by atoms with Crippen molar-refractivity contribution in [3.05, 3.63) is 22.4 Å². The van der Waals surface area contributed by atoms with Gasteiger partial charge < -0.3 is 15.1 Å². The van der Waals surface area contributed by atoms with Gasteiger partial charge >= 0.3 is 6.03 Å². The van der Waals surface area contributed by atoms with Crippen LogP contribution in [-0.2, 0) is 6.54 Å². The normalized spacial score (nSPS) is 22.1. The third-order valence-corrected chi connectivity index (χ3v) is 8.00. The lowest BCUT2D eigenvalue weighted by molar-refractivity contribution is 0.128. The zero-order valence-electron chi connectivity index (χ0n) is 18.6. The first-order valence-electron chi connectivity index (χ1n) is 12.3. The van der Waals surface area contributed by atoms with Crippen molar-refractivity contribution < 1.29 is 4.79 Å². The molecular weight excluding hydrogens is 392 g/mol. The van der Waals surface area contributed by atoms with Gasteiger partial charge in [0.05, 0.1) is 0 Å². The van der Waals surface area contributed by atoms with E-state index in [1.165, 1.54) is 63.8 Å². The van der Waals surface area contributed by atoms with E-state index in [9.17, 15) is 4.79 Å². The predicted molar refractivity (Wildman–Crippen MR) is 125 cm³/mol. The molecular formula is C24H40N4OS. The average molecular weight is 433 g/mol. The fourth-order valence-electron chi connectivity index (χ4n) is 5.36. The van der Waals surface area contributed by atoms with Crippen LogP contribution >= 0.6 is 11.3 Å². The molecule has 1 N–H and O–H groups in total. The van der Waals surface area contributed by atoms with Gasteiger partial charge in [-0.15, -0.1) is 0 Å². The van der Waals surface area contributed by atoms with Gasteiger partial charge in [0.15, 0.2) is 0 Å². The second-order valence-corrected chi connectivity index (χ2v) is 10.4. The van der Waals surface area contributed by atoms with E-state index >= 15 is 0 Å². The Morgan fingerprint density at radius 1 is 1.03 bits per heavy atom. The molecule has 2 aliphatic heterocycles. The highest BCUT2D eigenvalue weighted by molar-refractivity contribution is 7.07. The van der Waals surface area contributed by atoms with Crippen molar-refractivity contribution in [1.29, 1.82) is 0 Å². The molecule has 3 aliphatic rings. The number of urea groups is 1. The molecule has 0 atom stereocenters. The van der Waals surface area contributed by atoms with Gasteiger partial charge in [0.25, 0.3) is 0 Å². The minimum atomic E-state index is 0.181.